The van der Waals surface area contributed by atoms with Gasteiger partial charge in [-0.05, 0) is 42.3 Å². The number of ether oxygens (including phenoxy) is 1. The number of nitrogens with one attached hydrogen (secondary N) is 1. The summed E-state index contributed by atoms with van der Waals surface area (Å²) in [5.74, 6) is 0.278. The van der Waals surface area contributed by atoms with E-state index in [1.807, 2.05) is 24.3 Å². The summed E-state index contributed by atoms with van der Waals surface area (Å²) >= 11 is 5.94. The Morgan fingerprint density at radius 1 is 1.29 bits per heavy atom. The van der Waals surface area contributed by atoms with Crippen molar-refractivity contribution in [3.05, 3.63) is 58.6 Å². The van der Waals surface area contributed by atoms with Gasteiger partial charge in [-0.3, -0.25) is 9.59 Å². The van der Waals surface area contributed by atoms with Crippen LogP contribution in [-0.4, -0.2) is 32.0 Å². The Labute approximate surface area is 145 Å². The van der Waals surface area contributed by atoms with Crippen LogP contribution >= 0.6 is 11.6 Å². The molecule has 2 aromatic rings. The SMILES string of the molecule is CN1C(=O)COc2ccc(C(=O)NCCc3cccc(Cl)c3)cc21. The Kier molecular flexibility index (Phi) is 4.71. The van der Waals surface area contributed by atoms with Crippen molar-refractivity contribution in [2.24, 2.45) is 0 Å². The molecule has 0 spiro atoms. The lowest BCUT2D eigenvalue weighted by atomic mass is 10.1. The molecule has 0 bridgehead atoms. The highest BCUT2D eigenvalue weighted by Gasteiger charge is 2.23. The van der Waals surface area contributed by atoms with Crippen LogP contribution in [0.15, 0.2) is 42.5 Å². The van der Waals surface area contributed by atoms with Gasteiger partial charge in [0.25, 0.3) is 11.8 Å². The highest BCUT2D eigenvalue weighted by molar-refractivity contribution is 6.30. The summed E-state index contributed by atoms with van der Waals surface area (Å²) in [6, 6.07) is 12.6. The molecular formula is C18H17ClN2O3. The molecule has 0 aromatic heterocycles. The number of likely N-dealkylation sites (N-methyl/N-ethyl adjacent to an activating group) is 1. The molecule has 1 N–H and O–H groups in total. The van der Waals surface area contributed by atoms with E-state index >= 15 is 0 Å². The maximum absolute atomic E-state index is 12.3. The zero-order valence-corrected chi connectivity index (χ0v) is 14.0. The van der Waals surface area contributed by atoms with Crippen molar-refractivity contribution in [2.45, 2.75) is 6.42 Å². The smallest absolute Gasteiger partial charge is 0.264 e. The van der Waals surface area contributed by atoms with Crippen molar-refractivity contribution in [3.63, 3.8) is 0 Å². The van der Waals surface area contributed by atoms with E-state index in [4.69, 9.17) is 16.3 Å². The minimum atomic E-state index is -0.189. The van der Waals surface area contributed by atoms with Crippen LogP contribution in [0.4, 0.5) is 5.69 Å². The summed E-state index contributed by atoms with van der Waals surface area (Å²) in [7, 11) is 1.67. The van der Waals surface area contributed by atoms with Crippen LogP contribution in [0.25, 0.3) is 0 Å². The predicted octanol–water partition coefficient (Wildman–Crippen LogP) is 2.67. The van der Waals surface area contributed by atoms with Gasteiger partial charge in [0.1, 0.15) is 5.75 Å². The number of nitrogens with zero attached hydrogens (tertiary/aromatic N) is 1. The van der Waals surface area contributed by atoms with Crippen molar-refractivity contribution in [2.75, 3.05) is 25.1 Å². The first kappa shape index (κ1) is 16.3. The second-order valence-corrected chi connectivity index (χ2v) is 6.00. The average Bonchev–Trinajstić information content (AvgIpc) is 2.58. The molecule has 0 unspecified atom stereocenters. The van der Waals surface area contributed by atoms with Gasteiger partial charge in [-0.2, -0.15) is 0 Å². The number of rotatable bonds is 4. The summed E-state index contributed by atoms with van der Waals surface area (Å²) in [6.45, 7) is 0.524. The Morgan fingerprint density at radius 3 is 2.92 bits per heavy atom. The molecule has 0 saturated heterocycles. The molecule has 0 saturated carbocycles. The number of anilines is 1. The van der Waals surface area contributed by atoms with Crippen LogP contribution in [0.3, 0.4) is 0 Å². The van der Waals surface area contributed by atoms with Gasteiger partial charge in [-0.25, -0.2) is 0 Å². The number of hydrogen-bond acceptors (Lipinski definition) is 3. The second-order valence-electron chi connectivity index (χ2n) is 5.56. The molecule has 2 amide bonds. The van der Waals surface area contributed by atoms with E-state index < -0.39 is 0 Å². The lowest BCUT2D eigenvalue weighted by Crippen LogP contribution is -2.35. The third-order valence-corrected chi connectivity index (χ3v) is 4.13. The first-order valence-corrected chi connectivity index (χ1v) is 7.98. The highest BCUT2D eigenvalue weighted by Crippen LogP contribution is 2.31. The van der Waals surface area contributed by atoms with Crippen LogP contribution in [0, 0.1) is 0 Å². The Bertz CT molecular complexity index is 792. The van der Waals surface area contributed by atoms with Gasteiger partial charge in [0.05, 0.1) is 5.69 Å². The molecule has 0 aliphatic carbocycles. The summed E-state index contributed by atoms with van der Waals surface area (Å²) in [4.78, 5) is 25.5. The van der Waals surface area contributed by atoms with Crippen LogP contribution in [0.2, 0.25) is 5.02 Å². The monoisotopic (exact) mass is 344 g/mol. The molecule has 5 nitrogen and oxygen atoms in total. The molecule has 3 rings (SSSR count). The number of hydrogen-bond donors (Lipinski definition) is 1. The minimum absolute atomic E-state index is 0.0225. The zero-order valence-electron chi connectivity index (χ0n) is 13.2. The maximum Gasteiger partial charge on any atom is 0.264 e. The fraction of sp³-hybridized carbons (Fsp3) is 0.222. The Morgan fingerprint density at radius 2 is 2.12 bits per heavy atom. The quantitative estimate of drug-likeness (QED) is 0.927. The van der Waals surface area contributed by atoms with E-state index in [1.54, 1.807) is 25.2 Å². The molecule has 24 heavy (non-hydrogen) atoms. The summed E-state index contributed by atoms with van der Waals surface area (Å²) in [5, 5.41) is 3.56. The standard InChI is InChI=1S/C18H17ClN2O3/c1-21-15-10-13(5-6-16(15)24-11-17(21)22)18(23)20-8-7-12-3-2-4-14(19)9-12/h2-6,9-10H,7-8,11H2,1H3,(H,20,23). The van der Waals surface area contributed by atoms with Gasteiger partial charge in [-0.1, -0.05) is 23.7 Å². The number of amides is 2. The van der Waals surface area contributed by atoms with E-state index in [2.05, 4.69) is 5.32 Å². The fourth-order valence-corrected chi connectivity index (χ4v) is 2.74. The van der Waals surface area contributed by atoms with Crippen LogP contribution in [0.1, 0.15) is 15.9 Å². The van der Waals surface area contributed by atoms with Crippen LogP contribution in [-0.2, 0) is 11.2 Å². The summed E-state index contributed by atoms with van der Waals surface area (Å²) in [6.07, 6.45) is 0.693. The van der Waals surface area contributed by atoms with Crippen molar-refractivity contribution in [3.8, 4) is 5.75 Å². The normalized spacial score (nSPS) is 13.2. The molecule has 1 heterocycles. The topological polar surface area (TPSA) is 58.6 Å². The summed E-state index contributed by atoms with van der Waals surface area (Å²) in [5.41, 5.74) is 2.16. The largest absolute Gasteiger partial charge is 0.482 e. The molecule has 0 radical (unpaired) electrons. The van der Waals surface area contributed by atoms with E-state index in [0.717, 1.165) is 5.56 Å². The van der Waals surface area contributed by atoms with Crippen LogP contribution in [0.5, 0.6) is 5.75 Å². The third kappa shape index (κ3) is 3.51. The van der Waals surface area contributed by atoms with E-state index in [-0.39, 0.29) is 18.4 Å². The lowest BCUT2D eigenvalue weighted by Gasteiger charge is -2.26. The first-order chi connectivity index (χ1) is 11.5. The van der Waals surface area contributed by atoms with Crippen molar-refractivity contribution >= 4 is 29.1 Å². The summed E-state index contributed by atoms with van der Waals surface area (Å²) < 4.78 is 5.36. The van der Waals surface area contributed by atoms with Gasteiger partial charge < -0.3 is 15.0 Å². The molecule has 1 aliphatic heterocycles. The third-order valence-electron chi connectivity index (χ3n) is 3.90. The average molecular weight is 345 g/mol. The van der Waals surface area contributed by atoms with Crippen LogP contribution < -0.4 is 15.0 Å². The second kappa shape index (κ2) is 6.93. The number of carbonyl (C=O) groups excluding carboxylic acids is 2. The Balaban J connectivity index is 1.64. The maximum atomic E-state index is 12.3. The molecule has 2 aromatic carbocycles. The van der Waals surface area contributed by atoms with Gasteiger partial charge in [0.15, 0.2) is 6.61 Å². The van der Waals surface area contributed by atoms with E-state index in [1.165, 1.54) is 4.90 Å². The van der Waals surface area contributed by atoms with Gasteiger partial charge in [0.2, 0.25) is 0 Å². The molecule has 1 aliphatic rings. The number of halogens is 1. The highest BCUT2D eigenvalue weighted by atomic mass is 35.5. The molecule has 124 valence electrons. The molecule has 6 heteroatoms. The van der Waals surface area contributed by atoms with Gasteiger partial charge >= 0.3 is 0 Å². The predicted molar refractivity (Wildman–Crippen MR) is 92.8 cm³/mol. The van der Waals surface area contributed by atoms with E-state index in [0.29, 0.717) is 35.0 Å². The molecular weight excluding hydrogens is 328 g/mol. The molecule has 0 fully saturated rings. The number of benzene rings is 2. The molecule has 0 atom stereocenters. The van der Waals surface area contributed by atoms with Crippen molar-refractivity contribution in [1.82, 2.24) is 5.32 Å². The van der Waals surface area contributed by atoms with Crippen molar-refractivity contribution < 1.29 is 14.3 Å². The number of fused-ring (bicyclic) bond motifs is 1. The number of carbonyl (C=O) groups is 2. The lowest BCUT2D eigenvalue weighted by molar-refractivity contribution is -0.120. The van der Waals surface area contributed by atoms with Gasteiger partial charge in [-0.15, -0.1) is 0 Å². The Hall–Kier alpha value is -2.53. The van der Waals surface area contributed by atoms with E-state index in [9.17, 15) is 9.59 Å². The zero-order chi connectivity index (χ0) is 17.1. The fourth-order valence-electron chi connectivity index (χ4n) is 2.53. The van der Waals surface area contributed by atoms with Gasteiger partial charge in [0, 0.05) is 24.2 Å². The van der Waals surface area contributed by atoms with Crippen molar-refractivity contribution in [1.29, 1.82) is 0 Å². The first-order valence-electron chi connectivity index (χ1n) is 7.60. The minimum Gasteiger partial charge on any atom is -0.482 e.